The molecule has 2 heteroatoms. The Morgan fingerprint density at radius 3 is 1.76 bits per heavy atom. The summed E-state index contributed by atoms with van der Waals surface area (Å²) in [6.45, 7) is 8.97. The van der Waals surface area contributed by atoms with E-state index >= 15 is 0 Å². The van der Waals surface area contributed by atoms with Gasteiger partial charge in [0.25, 0.3) is 0 Å². The van der Waals surface area contributed by atoms with E-state index in [0.717, 1.165) is 11.5 Å². The topological polar surface area (TPSA) is 0 Å². The summed E-state index contributed by atoms with van der Waals surface area (Å²) in [5, 5.41) is 0. The van der Waals surface area contributed by atoms with Gasteiger partial charge in [-0.2, -0.15) is 0 Å². The smallest absolute Gasteiger partial charge is 0.0838 e. The average Bonchev–Trinajstić information content (AvgIpc) is 2.62. The van der Waals surface area contributed by atoms with E-state index in [4.69, 9.17) is 0 Å². The fourth-order valence-electron chi connectivity index (χ4n) is 2.70. The number of hydrogen-bond acceptors (Lipinski definition) is 2. The highest BCUT2D eigenvalue weighted by Crippen LogP contribution is 2.51. The van der Waals surface area contributed by atoms with Gasteiger partial charge in [-0.15, -0.1) is 23.5 Å². The Morgan fingerprint density at radius 2 is 1.29 bits per heavy atom. The highest BCUT2D eigenvalue weighted by atomic mass is 32.2. The Kier molecular flexibility index (Phi) is 4.11. The van der Waals surface area contributed by atoms with E-state index in [9.17, 15) is 0 Å². The molecule has 0 saturated heterocycles. The molecule has 0 amide bonds. The molecule has 1 aliphatic rings. The van der Waals surface area contributed by atoms with Crippen LogP contribution in [0.5, 0.6) is 0 Å². The van der Waals surface area contributed by atoms with Gasteiger partial charge < -0.3 is 0 Å². The second-order valence-corrected chi connectivity index (χ2v) is 9.14. The second kappa shape index (κ2) is 5.73. The highest BCUT2D eigenvalue weighted by molar-refractivity contribution is 8.16. The van der Waals surface area contributed by atoms with Crippen LogP contribution in [0.1, 0.15) is 40.3 Å². The lowest BCUT2D eigenvalue weighted by molar-refractivity contribution is 1.01. The molecule has 1 heterocycles. The van der Waals surface area contributed by atoms with Crippen LogP contribution in [-0.4, -0.2) is 0 Å². The van der Waals surface area contributed by atoms with Gasteiger partial charge in [0, 0.05) is 11.5 Å². The summed E-state index contributed by atoms with van der Waals surface area (Å²) < 4.78 is 0.147. The molecule has 0 spiro atoms. The first-order chi connectivity index (χ1) is 9.98. The molecule has 2 aromatic rings. The van der Waals surface area contributed by atoms with Crippen LogP contribution in [0.3, 0.4) is 0 Å². The van der Waals surface area contributed by atoms with E-state index in [0.29, 0.717) is 0 Å². The first-order valence-electron chi connectivity index (χ1n) is 7.42. The quantitative estimate of drug-likeness (QED) is 0.636. The number of rotatable bonds is 1. The first-order valence-corrected chi connectivity index (χ1v) is 9.39. The minimum Gasteiger partial charge on any atom is -0.135 e. The van der Waals surface area contributed by atoms with Crippen molar-refractivity contribution < 1.29 is 0 Å². The molecule has 110 valence electrons. The summed E-state index contributed by atoms with van der Waals surface area (Å²) in [6.07, 6.45) is 0. The van der Waals surface area contributed by atoms with E-state index in [1.165, 1.54) is 33.4 Å². The molecule has 0 aromatic heterocycles. The largest absolute Gasteiger partial charge is 0.135 e. The molecular weight excluding hydrogens is 292 g/mol. The molecule has 0 aliphatic carbocycles. The van der Waals surface area contributed by atoms with E-state index in [1.54, 1.807) is 0 Å². The molecule has 2 aromatic carbocycles. The summed E-state index contributed by atoms with van der Waals surface area (Å²) in [5.41, 5.74) is 8.64. The monoisotopic (exact) mass is 314 g/mol. The van der Waals surface area contributed by atoms with Crippen LogP contribution in [0.2, 0.25) is 0 Å². The van der Waals surface area contributed by atoms with Crippen molar-refractivity contribution in [3.63, 3.8) is 0 Å². The predicted molar refractivity (Wildman–Crippen MR) is 97.0 cm³/mol. The Balaban J connectivity index is 1.91. The third-order valence-electron chi connectivity index (χ3n) is 4.40. The lowest BCUT2D eigenvalue weighted by Crippen LogP contribution is -2.11. The molecule has 0 nitrogen and oxygen atoms in total. The van der Waals surface area contributed by atoms with Crippen LogP contribution < -0.4 is 0 Å². The predicted octanol–water partition coefficient (Wildman–Crippen LogP) is 5.96. The average molecular weight is 315 g/mol. The van der Waals surface area contributed by atoms with Gasteiger partial charge in [0.05, 0.1) is 4.08 Å². The summed E-state index contributed by atoms with van der Waals surface area (Å²) in [7, 11) is 0. The highest BCUT2D eigenvalue weighted by Gasteiger charge is 2.30. The summed E-state index contributed by atoms with van der Waals surface area (Å²) >= 11 is 4.13. The van der Waals surface area contributed by atoms with Crippen LogP contribution in [0.4, 0.5) is 0 Å². The van der Waals surface area contributed by atoms with Crippen LogP contribution in [0.15, 0.2) is 36.4 Å². The first kappa shape index (κ1) is 15.1. The van der Waals surface area contributed by atoms with Crippen molar-refractivity contribution in [1.82, 2.24) is 0 Å². The molecule has 0 saturated carbocycles. The number of benzene rings is 2. The van der Waals surface area contributed by atoms with E-state index in [-0.39, 0.29) is 4.08 Å². The van der Waals surface area contributed by atoms with E-state index in [1.807, 2.05) is 0 Å². The fourth-order valence-corrected chi connectivity index (χ4v) is 5.39. The van der Waals surface area contributed by atoms with Crippen molar-refractivity contribution in [3.05, 3.63) is 69.8 Å². The molecule has 0 fully saturated rings. The minimum absolute atomic E-state index is 0.147. The minimum atomic E-state index is 0.147. The maximum absolute atomic E-state index is 2.39. The number of fused-ring (bicyclic) bond motifs is 1. The lowest BCUT2D eigenvalue weighted by Gasteiger charge is -2.27. The summed E-state index contributed by atoms with van der Waals surface area (Å²) in [5.74, 6) is 2.21. The molecular formula is C19H22S2. The van der Waals surface area contributed by atoms with Crippen LogP contribution in [0, 0.1) is 20.8 Å². The van der Waals surface area contributed by atoms with Gasteiger partial charge in [-0.05, 0) is 55.5 Å². The standard InChI is InChI=1S/C19H22S2/c1-13-5-7-18(8-6-13)19(4)20-11-16-9-14(2)15(3)10-17(16)12-21-19/h5-10H,11-12H2,1-4H3. The number of thioether (sulfide) groups is 2. The Hall–Kier alpha value is -0.860. The van der Waals surface area contributed by atoms with Crippen LogP contribution in [-0.2, 0) is 15.6 Å². The van der Waals surface area contributed by atoms with Crippen molar-refractivity contribution in [2.24, 2.45) is 0 Å². The number of hydrogen-bond donors (Lipinski definition) is 0. The molecule has 3 rings (SSSR count). The van der Waals surface area contributed by atoms with E-state index in [2.05, 4.69) is 87.6 Å². The lowest BCUT2D eigenvalue weighted by atomic mass is 10.0. The van der Waals surface area contributed by atoms with Crippen molar-refractivity contribution in [2.45, 2.75) is 43.3 Å². The van der Waals surface area contributed by atoms with Crippen LogP contribution >= 0.6 is 23.5 Å². The molecule has 0 bridgehead atoms. The maximum Gasteiger partial charge on any atom is 0.0838 e. The third-order valence-corrected chi connectivity index (χ3v) is 7.59. The Bertz CT molecular complexity index is 623. The zero-order valence-corrected chi connectivity index (χ0v) is 14.8. The molecule has 0 radical (unpaired) electrons. The Morgan fingerprint density at radius 1 is 0.810 bits per heavy atom. The van der Waals surface area contributed by atoms with Crippen molar-refractivity contribution in [1.29, 1.82) is 0 Å². The normalized spacial score (nSPS) is 17.1. The van der Waals surface area contributed by atoms with Gasteiger partial charge in [0.15, 0.2) is 0 Å². The van der Waals surface area contributed by atoms with Gasteiger partial charge in [-0.1, -0.05) is 42.0 Å². The molecule has 21 heavy (non-hydrogen) atoms. The van der Waals surface area contributed by atoms with Gasteiger partial charge >= 0.3 is 0 Å². The van der Waals surface area contributed by atoms with Crippen molar-refractivity contribution in [2.75, 3.05) is 0 Å². The SMILES string of the molecule is Cc1ccc(C2(C)SCc3cc(C)c(C)cc3CS2)cc1. The number of aryl methyl sites for hydroxylation is 3. The summed E-state index contributed by atoms with van der Waals surface area (Å²) in [4.78, 5) is 0. The van der Waals surface area contributed by atoms with Gasteiger partial charge in [-0.3, -0.25) is 0 Å². The Labute approximate surface area is 136 Å². The van der Waals surface area contributed by atoms with Crippen molar-refractivity contribution >= 4 is 23.5 Å². The maximum atomic E-state index is 2.39. The van der Waals surface area contributed by atoms with E-state index < -0.39 is 0 Å². The molecule has 0 atom stereocenters. The molecule has 0 unspecified atom stereocenters. The second-order valence-electron chi connectivity index (χ2n) is 6.09. The summed E-state index contributed by atoms with van der Waals surface area (Å²) in [6, 6.07) is 13.8. The zero-order valence-electron chi connectivity index (χ0n) is 13.2. The zero-order chi connectivity index (χ0) is 15.0. The fraction of sp³-hybridized carbons (Fsp3) is 0.368. The third kappa shape index (κ3) is 3.02. The van der Waals surface area contributed by atoms with Crippen LogP contribution in [0.25, 0.3) is 0 Å². The van der Waals surface area contributed by atoms with Gasteiger partial charge in [0.2, 0.25) is 0 Å². The molecule has 1 aliphatic heterocycles. The van der Waals surface area contributed by atoms with Crippen molar-refractivity contribution in [3.8, 4) is 0 Å². The molecule has 0 N–H and O–H groups in total. The van der Waals surface area contributed by atoms with Gasteiger partial charge in [0.1, 0.15) is 0 Å². The van der Waals surface area contributed by atoms with Gasteiger partial charge in [-0.25, -0.2) is 0 Å².